The van der Waals surface area contributed by atoms with Crippen LogP contribution in [-0.4, -0.2) is 57.2 Å². The Kier molecular flexibility index (Phi) is 8.74. The number of nitrogens with zero attached hydrogens (tertiary/aromatic N) is 3. The first-order chi connectivity index (χ1) is 17.7. The van der Waals surface area contributed by atoms with Crippen LogP contribution in [0.3, 0.4) is 0 Å². The molecule has 1 amide bonds. The number of H-pyrrole nitrogens is 1. The highest BCUT2D eigenvalue weighted by Crippen LogP contribution is 2.33. The number of aromatic nitrogens is 2. The van der Waals surface area contributed by atoms with Crippen LogP contribution in [-0.2, 0) is 4.74 Å². The average molecular weight is 566 g/mol. The first kappa shape index (κ1) is 27.4. The van der Waals surface area contributed by atoms with Gasteiger partial charge < -0.3 is 20.7 Å². The molecule has 2 aromatic heterocycles. The Morgan fingerprint density at radius 2 is 2.27 bits per heavy atom. The van der Waals surface area contributed by atoms with Gasteiger partial charge in [0.2, 0.25) is 0 Å². The Hall–Kier alpha value is -2.66. The van der Waals surface area contributed by atoms with Crippen molar-refractivity contribution in [3.05, 3.63) is 61.8 Å². The molecule has 1 saturated heterocycles. The molecule has 2 aromatic rings. The largest absolute Gasteiger partial charge is 0.383 e. The van der Waals surface area contributed by atoms with Gasteiger partial charge in [0.25, 0.3) is 11.5 Å². The number of aromatic amines is 1. The van der Waals surface area contributed by atoms with Crippen LogP contribution in [0.2, 0.25) is 0 Å². The smallest absolute Gasteiger partial charge is 0.276 e. The third-order valence-corrected chi connectivity index (χ3v) is 7.71. The third kappa shape index (κ3) is 6.09. The molecule has 198 valence electrons. The predicted molar refractivity (Wildman–Crippen MR) is 149 cm³/mol. The van der Waals surface area contributed by atoms with Gasteiger partial charge in [-0.2, -0.15) is 0 Å². The van der Waals surface area contributed by atoms with Gasteiger partial charge in [0.15, 0.2) is 0 Å². The van der Waals surface area contributed by atoms with Crippen molar-refractivity contribution in [2.24, 2.45) is 10.7 Å². The summed E-state index contributed by atoms with van der Waals surface area (Å²) < 4.78 is 8.30. The number of hydrogen-bond acceptors (Lipinski definition) is 7. The van der Waals surface area contributed by atoms with Crippen LogP contribution in [0.1, 0.15) is 54.7 Å². The molecule has 2 aliphatic rings. The van der Waals surface area contributed by atoms with Crippen molar-refractivity contribution in [2.75, 3.05) is 25.0 Å². The van der Waals surface area contributed by atoms with E-state index in [0.717, 1.165) is 42.3 Å². The lowest BCUT2D eigenvalue weighted by Crippen LogP contribution is -2.28. The second kappa shape index (κ2) is 11.8. The van der Waals surface area contributed by atoms with Gasteiger partial charge in [-0.05, 0) is 69.3 Å². The minimum atomic E-state index is -0.328. The number of carbonyl (C=O) groups excluding carboxylic acids is 1. The van der Waals surface area contributed by atoms with E-state index in [9.17, 15) is 9.59 Å². The lowest BCUT2D eigenvalue weighted by molar-refractivity contribution is 0.0813. The number of alkyl halides is 1. The predicted octanol–water partition coefficient (Wildman–Crippen LogP) is 4.64. The molecule has 0 saturated carbocycles. The quantitative estimate of drug-likeness (QED) is 0.243. The van der Waals surface area contributed by atoms with Gasteiger partial charge in [-0.1, -0.05) is 11.6 Å². The molecule has 4 rings (SSSR count). The zero-order valence-electron chi connectivity index (χ0n) is 20.9. The maximum Gasteiger partial charge on any atom is 0.276 e. The summed E-state index contributed by atoms with van der Waals surface area (Å²) in [6.45, 7) is 7.14. The van der Waals surface area contributed by atoms with Crippen LogP contribution in [0.4, 0.5) is 10.7 Å². The number of rotatable bonds is 8. The van der Waals surface area contributed by atoms with Gasteiger partial charge >= 0.3 is 0 Å². The van der Waals surface area contributed by atoms with Gasteiger partial charge in [0, 0.05) is 41.3 Å². The van der Waals surface area contributed by atoms with Crippen molar-refractivity contribution >= 4 is 57.2 Å². The number of pyridine rings is 1. The molecule has 0 bridgehead atoms. The maximum absolute atomic E-state index is 13.5. The first-order valence-corrected chi connectivity index (χ1v) is 13.7. The Balaban J connectivity index is 1.57. The van der Waals surface area contributed by atoms with Crippen LogP contribution < -0.4 is 16.6 Å². The van der Waals surface area contributed by atoms with Gasteiger partial charge in [0.05, 0.1) is 18.0 Å². The Bertz CT molecular complexity index is 1320. The molecule has 2 atom stereocenters. The molecule has 1 fully saturated rings. The fourth-order valence-corrected chi connectivity index (χ4v) is 5.78. The molecule has 37 heavy (non-hydrogen) atoms. The number of carbonyl (C=O) groups is 1. The van der Waals surface area contributed by atoms with E-state index in [2.05, 4.69) is 19.7 Å². The normalized spacial score (nSPS) is 19.6. The number of amides is 1. The number of anilines is 2. The minimum Gasteiger partial charge on any atom is -0.383 e. The molecule has 12 heteroatoms. The summed E-state index contributed by atoms with van der Waals surface area (Å²) in [5.74, 6) is -0.0813. The Morgan fingerprint density at radius 1 is 1.49 bits per heavy atom. The highest BCUT2D eigenvalue weighted by molar-refractivity contribution is 7.10. The summed E-state index contributed by atoms with van der Waals surface area (Å²) in [6, 6.07) is 1.75. The fourth-order valence-electron chi connectivity index (χ4n) is 4.41. The number of amidine groups is 1. The van der Waals surface area contributed by atoms with E-state index in [1.54, 1.807) is 23.2 Å². The monoisotopic (exact) mass is 564 g/mol. The molecule has 2 aliphatic heterocycles. The Labute approximate surface area is 229 Å². The van der Waals surface area contributed by atoms with Gasteiger partial charge in [0.1, 0.15) is 22.1 Å². The maximum atomic E-state index is 13.5. The summed E-state index contributed by atoms with van der Waals surface area (Å²) in [7, 11) is 0. The van der Waals surface area contributed by atoms with E-state index < -0.39 is 0 Å². The molecule has 4 heterocycles. The zero-order valence-corrected chi connectivity index (χ0v) is 23.3. The zero-order chi connectivity index (χ0) is 26.7. The van der Waals surface area contributed by atoms with Crippen LogP contribution >= 0.6 is 34.7 Å². The number of allylic oxidation sites excluding steroid dienone is 3. The summed E-state index contributed by atoms with van der Waals surface area (Å²) in [5, 5.41) is 4.10. The van der Waals surface area contributed by atoms with Crippen molar-refractivity contribution in [1.82, 2.24) is 14.3 Å². The van der Waals surface area contributed by atoms with Gasteiger partial charge in [-0.25, -0.2) is 0 Å². The van der Waals surface area contributed by atoms with E-state index in [4.69, 9.17) is 33.7 Å². The van der Waals surface area contributed by atoms with Crippen LogP contribution in [0, 0.1) is 6.92 Å². The second-order valence-electron chi connectivity index (χ2n) is 9.02. The topological polar surface area (TPSA) is 126 Å². The summed E-state index contributed by atoms with van der Waals surface area (Å²) >= 11 is 13.6. The van der Waals surface area contributed by atoms with E-state index in [0.29, 0.717) is 46.5 Å². The second-order valence-corrected chi connectivity index (χ2v) is 10.9. The summed E-state index contributed by atoms with van der Waals surface area (Å²) in [5.41, 5.74) is 9.40. The average Bonchev–Trinajstić information content (AvgIpc) is 3.59. The van der Waals surface area contributed by atoms with E-state index >= 15 is 0 Å². The van der Waals surface area contributed by atoms with Crippen molar-refractivity contribution < 1.29 is 9.53 Å². The van der Waals surface area contributed by atoms with E-state index in [1.807, 2.05) is 20.8 Å². The first-order valence-electron chi connectivity index (χ1n) is 12.1. The fraction of sp³-hybridized carbons (Fsp3) is 0.440. The molecule has 0 aliphatic carbocycles. The molecule has 0 aromatic carbocycles. The van der Waals surface area contributed by atoms with Crippen molar-refractivity contribution in [1.29, 1.82) is 0 Å². The van der Waals surface area contributed by atoms with Crippen molar-refractivity contribution in [2.45, 2.75) is 51.5 Å². The van der Waals surface area contributed by atoms with Gasteiger partial charge in [-0.3, -0.25) is 23.9 Å². The highest BCUT2D eigenvalue weighted by Gasteiger charge is 2.29. The molecular weight excluding hydrogens is 535 g/mol. The SMILES string of the molecule is CC1=C(/C(Cl)=C\C(C)Cl)CCN1C(=O)c1nccc(Nc2s[nH]c(=O)c2C(N)=NCC2CCCO2)c1C. The van der Waals surface area contributed by atoms with Crippen molar-refractivity contribution in [3.63, 3.8) is 0 Å². The van der Waals surface area contributed by atoms with Crippen LogP contribution in [0.15, 0.2) is 44.4 Å². The van der Waals surface area contributed by atoms with Crippen LogP contribution in [0.5, 0.6) is 0 Å². The molecule has 0 radical (unpaired) electrons. The van der Waals surface area contributed by atoms with Crippen LogP contribution in [0.25, 0.3) is 0 Å². The number of hydrogen-bond donors (Lipinski definition) is 3. The molecular formula is C25H30Cl2N6O3S. The number of halogens is 2. The number of aliphatic imine (C=N–C) groups is 1. The number of ether oxygens (including phenoxy) is 1. The molecule has 4 N–H and O–H groups in total. The Morgan fingerprint density at radius 3 is 2.97 bits per heavy atom. The highest BCUT2D eigenvalue weighted by atomic mass is 35.5. The summed E-state index contributed by atoms with van der Waals surface area (Å²) in [6.07, 6.45) is 5.91. The van der Waals surface area contributed by atoms with Crippen molar-refractivity contribution in [3.8, 4) is 0 Å². The van der Waals surface area contributed by atoms with E-state index in [-0.39, 0.29) is 34.3 Å². The lowest BCUT2D eigenvalue weighted by atomic mass is 10.1. The molecule has 2 unspecified atom stereocenters. The van der Waals surface area contributed by atoms with Gasteiger partial charge in [-0.15, -0.1) is 11.6 Å². The van der Waals surface area contributed by atoms with E-state index in [1.165, 1.54) is 0 Å². The molecule has 0 spiro atoms. The lowest BCUT2D eigenvalue weighted by Gasteiger charge is -2.20. The standard InChI is InChI=1S/C25H30Cl2N6O3S/c1-13(26)11-18(27)17-7-9-33(15(17)3)25(35)21-14(2)19(6-8-29-21)31-24-20(23(34)32-37-24)22(28)30-12-16-5-4-10-36-16/h6,8,11,13,16H,4-5,7,9-10,12H2,1-3H3,(H2,28,30)(H,29,31)(H,32,34)/b18-11+. The minimum absolute atomic E-state index is 0.0241. The number of nitrogens with one attached hydrogen (secondary N) is 2. The third-order valence-electron chi connectivity index (χ3n) is 6.44. The number of nitrogens with two attached hydrogens (primary N) is 1. The summed E-state index contributed by atoms with van der Waals surface area (Å²) in [4.78, 5) is 36.4. The molecule has 9 nitrogen and oxygen atoms in total.